The van der Waals surface area contributed by atoms with E-state index in [9.17, 15) is 22.8 Å². The zero-order chi connectivity index (χ0) is 21.9. The molecule has 6 nitrogen and oxygen atoms in total. The first-order chi connectivity index (χ1) is 14.2. The van der Waals surface area contributed by atoms with E-state index in [0.717, 1.165) is 12.1 Å². The van der Waals surface area contributed by atoms with Crippen molar-refractivity contribution in [2.24, 2.45) is 0 Å². The molecule has 160 valence electrons. The lowest BCUT2D eigenvalue weighted by Crippen LogP contribution is -2.49. The molecule has 1 amide bonds. The lowest BCUT2D eigenvalue weighted by molar-refractivity contribution is -0.148. The van der Waals surface area contributed by atoms with Gasteiger partial charge < -0.3 is 14.4 Å². The molecule has 0 spiro atoms. The molecule has 2 aromatic rings. The van der Waals surface area contributed by atoms with Crippen molar-refractivity contribution < 1.29 is 32.2 Å². The van der Waals surface area contributed by atoms with Crippen LogP contribution in [0.4, 0.5) is 18.9 Å². The van der Waals surface area contributed by atoms with Gasteiger partial charge in [-0.25, -0.2) is 4.79 Å². The summed E-state index contributed by atoms with van der Waals surface area (Å²) in [6.07, 6.45) is -5.32. The number of nitrogens with zero attached hydrogens (tertiary/aromatic N) is 2. The van der Waals surface area contributed by atoms with E-state index in [4.69, 9.17) is 9.47 Å². The minimum atomic E-state index is -4.39. The van der Waals surface area contributed by atoms with Gasteiger partial charge in [0, 0.05) is 6.54 Å². The summed E-state index contributed by atoms with van der Waals surface area (Å²) in [4.78, 5) is 28.0. The summed E-state index contributed by atoms with van der Waals surface area (Å²) in [5.41, 5.74) is 0.474. The number of likely N-dealkylation sites (N-methyl/N-ethyl adjacent to an activating group) is 1. The minimum absolute atomic E-state index is 0.00322. The lowest BCUT2D eigenvalue weighted by Gasteiger charge is -2.34. The maximum atomic E-state index is 12.9. The van der Waals surface area contributed by atoms with E-state index in [1.54, 1.807) is 36.2 Å². The minimum Gasteiger partial charge on any atom is -0.475 e. The Morgan fingerprint density at radius 2 is 1.83 bits per heavy atom. The number of anilines is 1. The van der Waals surface area contributed by atoms with E-state index in [2.05, 4.69) is 0 Å². The largest absolute Gasteiger partial charge is 0.475 e. The van der Waals surface area contributed by atoms with E-state index in [1.165, 1.54) is 24.1 Å². The Morgan fingerprint density at radius 3 is 2.47 bits per heavy atom. The molecule has 0 aromatic heterocycles. The highest BCUT2D eigenvalue weighted by molar-refractivity contribution is 5.98. The monoisotopic (exact) mass is 422 g/mol. The zero-order valence-corrected chi connectivity index (χ0v) is 16.5. The quantitative estimate of drug-likeness (QED) is 0.693. The molecule has 1 atom stereocenters. The number of hydrogen-bond donors (Lipinski definition) is 0. The van der Waals surface area contributed by atoms with Crippen molar-refractivity contribution in [3.8, 4) is 5.75 Å². The number of rotatable bonds is 5. The highest BCUT2D eigenvalue weighted by Crippen LogP contribution is 2.33. The Kier molecular flexibility index (Phi) is 6.31. The van der Waals surface area contributed by atoms with Crippen LogP contribution < -0.4 is 9.64 Å². The van der Waals surface area contributed by atoms with Crippen LogP contribution in [0.1, 0.15) is 11.1 Å². The number of fused-ring (bicyclic) bond motifs is 1. The highest BCUT2D eigenvalue weighted by Gasteiger charge is 2.34. The Labute approximate surface area is 171 Å². The molecule has 2 aromatic carbocycles. The molecular formula is C21H21F3N2O4. The number of amides is 1. The number of benzene rings is 2. The van der Waals surface area contributed by atoms with E-state index in [1.807, 2.05) is 0 Å². The smallest absolute Gasteiger partial charge is 0.416 e. The first-order valence-electron chi connectivity index (χ1n) is 9.17. The lowest BCUT2D eigenvalue weighted by atomic mass is 10.1. The van der Waals surface area contributed by atoms with Gasteiger partial charge in [0.05, 0.1) is 31.5 Å². The van der Waals surface area contributed by atoms with Crippen LogP contribution >= 0.6 is 0 Å². The summed E-state index contributed by atoms with van der Waals surface area (Å²) in [7, 11) is 2.94. The summed E-state index contributed by atoms with van der Waals surface area (Å²) < 4.78 is 48.4. The number of hydrogen-bond acceptors (Lipinski definition) is 5. The predicted octanol–water partition coefficient (Wildman–Crippen LogP) is 3.10. The fourth-order valence-corrected chi connectivity index (χ4v) is 3.21. The molecular weight excluding hydrogens is 401 g/mol. The van der Waals surface area contributed by atoms with Crippen molar-refractivity contribution in [3.05, 3.63) is 59.7 Å². The van der Waals surface area contributed by atoms with Crippen LogP contribution in [0.25, 0.3) is 0 Å². The molecule has 0 aliphatic carbocycles. The van der Waals surface area contributed by atoms with Crippen molar-refractivity contribution in [1.29, 1.82) is 0 Å². The van der Waals surface area contributed by atoms with Crippen molar-refractivity contribution in [2.75, 3.05) is 32.1 Å². The Balaban J connectivity index is 1.69. The van der Waals surface area contributed by atoms with Gasteiger partial charge in [0.25, 0.3) is 0 Å². The molecule has 0 saturated carbocycles. The topological polar surface area (TPSA) is 59.1 Å². The molecule has 1 aliphatic rings. The van der Waals surface area contributed by atoms with Crippen molar-refractivity contribution in [1.82, 2.24) is 4.90 Å². The van der Waals surface area contributed by atoms with Gasteiger partial charge in [0.2, 0.25) is 12.0 Å². The van der Waals surface area contributed by atoms with Gasteiger partial charge in [-0.2, -0.15) is 13.2 Å². The molecule has 0 fully saturated rings. The van der Waals surface area contributed by atoms with Gasteiger partial charge in [0.1, 0.15) is 5.75 Å². The van der Waals surface area contributed by atoms with Crippen LogP contribution in [-0.4, -0.2) is 50.1 Å². The highest BCUT2D eigenvalue weighted by atomic mass is 19.4. The molecule has 0 bridgehead atoms. The Morgan fingerprint density at radius 1 is 1.17 bits per heavy atom. The number of halogens is 3. The fourth-order valence-electron chi connectivity index (χ4n) is 3.21. The average Bonchev–Trinajstić information content (AvgIpc) is 2.71. The standard InChI is InChI=1S/C21H21F3N2O4/c1-25(11-14-7-9-15(10-8-14)21(22,23)24)13-19(27)26-12-18(20(28)29-2)30-17-6-4-3-5-16(17)26/h3-10,18H,11-13H2,1-2H3/t18-/m0/s1. The number of esters is 1. The average molecular weight is 422 g/mol. The van der Waals surface area contributed by atoms with Crippen molar-refractivity contribution >= 4 is 17.6 Å². The Bertz CT molecular complexity index is 915. The normalized spacial score (nSPS) is 16.1. The summed E-state index contributed by atoms with van der Waals surface area (Å²) in [6.45, 7) is 0.302. The molecule has 9 heteroatoms. The summed E-state index contributed by atoms with van der Waals surface area (Å²) in [5.74, 6) is -0.452. The number of alkyl halides is 3. The molecule has 0 unspecified atom stereocenters. The van der Waals surface area contributed by atoms with Gasteiger partial charge in [0.15, 0.2) is 0 Å². The third-order valence-corrected chi connectivity index (χ3v) is 4.68. The van der Waals surface area contributed by atoms with Gasteiger partial charge in [-0.3, -0.25) is 9.69 Å². The van der Waals surface area contributed by atoms with Crippen LogP contribution in [0, 0.1) is 0 Å². The molecule has 1 aliphatic heterocycles. The maximum absolute atomic E-state index is 12.9. The first-order valence-corrected chi connectivity index (χ1v) is 9.17. The number of para-hydroxylation sites is 2. The van der Waals surface area contributed by atoms with E-state index in [0.29, 0.717) is 17.0 Å². The van der Waals surface area contributed by atoms with Crippen LogP contribution in [0.3, 0.4) is 0 Å². The molecule has 1 heterocycles. The molecule has 0 N–H and O–H groups in total. The van der Waals surface area contributed by atoms with Crippen molar-refractivity contribution in [3.63, 3.8) is 0 Å². The summed E-state index contributed by atoms with van der Waals surface area (Å²) >= 11 is 0. The van der Waals surface area contributed by atoms with E-state index in [-0.39, 0.29) is 25.5 Å². The van der Waals surface area contributed by atoms with E-state index >= 15 is 0 Å². The molecule has 30 heavy (non-hydrogen) atoms. The van der Waals surface area contributed by atoms with E-state index < -0.39 is 23.8 Å². The molecule has 3 rings (SSSR count). The van der Waals surface area contributed by atoms with Gasteiger partial charge >= 0.3 is 12.1 Å². The second-order valence-corrected chi connectivity index (χ2v) is 6.97. The third kappa shape index (κ3) is 4.91. The van der Waals surface area contributed by atoms with Crippen LogP contribution in [-0.2, 0) is 27.0 Å². The van der Waals surface area contributed by atoms with Crippen molar-refractivity contribution in [2.45, 2.75) is 18.8 Å². The van der Waals surface area contributed by atoms with Gasteiger partial charge in [-0.05, 0) is 36.9 Å². The second kappa shape index (κ2) is 8.74. The number of carbonyl (C=O) groups excluding carboxylic acids is 2. The number of methoxy groups -OCH3 is 1. The fraction of sp³-hybridized carbons (Fsp3) is 0.333. The van der Waals surface area contributed by atoms with Crippen LogP contribution in [0.2, 0.25) is 0 Å². The maximum Gasteiger partial charge on any atom is 0.416 e. The second-order valence-electron chi connectivity index (χ2n) is 6.97. The SMILES string of the molecule is COC(=O)[C@@H]1CN(C(=O)CN(C)Cc2ccc(C(F)(F)F)cc2)c2ccccc2O1. The predicted molar refractivity (Wildman–Crippen MR) is 103 cm³/mol. The first kappa shape index (κ1) is 21.6. The third-order valence-electron chi connectivity index (χ3n) is 4.68. The molecule has 0 radical (unpaired) electrons. The number of ether oxygens (including phenoxy) is 2. The summed E-state index contributed by atoms with van der Waals surface area (Å²) in [5, 5.41) is 0. The van der Waals surface area contributed by atoms with Gasteiger partial charge in [-0.15, -0.1) is 0 Å². The number of carbonyl (C=O) groups is 2. The van der Waals surface area contributed by atoms with Crippen LogP contribution in [0.15, 0.2) is 48.5 Å². The van der Waals surface area contributed by atoms with Crippen LogP contribution in [0.5, 0.6) is 5.75 Å². The molecule has 0 saturated heterocycles. The van der Waals surface area contributed by atoms with Gasteiger partial charge in [-0.1, -0.05) is 24.3 Å². The Hall–Kier alpha value is -3.07. The zero-order valence-electron chi connectivity index (χ0n) is 16.5. The summed E-state index contributed by atoms with van der Waals surface area (Å²) in [6, 6.07) is 11.7.